The van der Waals surface area contributed by atoms with Crippen LogP contribution in [0, 0.1) is 27.2 Å². The average molecular weight is 462 g/mol. The molecule has 0 unspecified atom stereocenters. The molecular formula is C19H16ClN5O7. The molecule has 13 heteroatoms. The quantitative estimate of drug-likeness (QED) is 0.388. The van der Waals surface area contributed by atoms with Gasteiger partial charge < -0.3 is 14.8 Å². The van der Waals surface area contributed by atoms with Gasteiger partial charge in [0.15, 0.2) is 0 Å². The zero-order chi connectivity index (χ0) is 23.4. The van der Waals surface area contributed by atoms with Crippen LogP contribution in [0.25, 0.3) is 0 Å². The molecule has 3 aromatic rings. The third-order valence-corrected chi connectivity index (χ3v) is 4.58. The highest BCUT2D eigenvalue weighted by Gasteiger charge is 2.21. The lowest BCUT2D eigenvalue weighted by atomic mass is 10.2. The van der Waals surface area contributed by atoms with E-state index in [2.05, 4.69) is 10.4 Å². The number of aryl methyl sites for hydroxylation is 1. The van der Waals surface area contributed by atoms with Crippen molar-refractivity contribution in [3.63, 3.8) is 0 Å². The lowest BCUT2D eigenvalue weighted by Crippen LogP contribution is -2.19. The first kappa shape index (κ1) is 22.5. The highest BCUT2D eigenvalue weighted by molar-refractivity contribution is 6.31. The lowest BCUT2D eigenvalue weighted by Gasteiger charge is -2.10. The Morgan fingerprint density at radius 1 is 1.16 bits per heavy atom. The number of nitro benzene ring substituents is 1. The highest BCUT2D eigenvalue weighted by Crippen LogP contribution is 2.31. The van der Waals surface area contributed by atoms with Crippen LogP contribution in [0.5, 0.6) is 17.4 Å². The Balaban J connectivity index is 1.80. The van der Waals surface area contributed by atoms with Crippen LogP contribution in [-0.4, -0.2) is 32.6 Å². The van der Waals surface area contributed by atoms with Gasteiger partial charge in [-0.3, -0.25) is 29.7 Å². The van der Waals surface area contributed by atoms with Gasteiger partial charge in [-0.05, 0) is 30.7 Å². The van der Waals surface area contributed by atoms with Gasteiger partial charge in [0.05, 0.1) is 28.7 Å². The molecule has 0 spiro atoms. The summed E-state index contributed by atoms with van der Waals surface area (Å²) in [5.74, 6) is -0.348. The Bertz CT molecular complexity index is 1210. The summed E-state index contributed by atoms with van der Waals surface area (Å²) in [4.78, 5) is 33.4. The lowest BCUT2D eigenvalue weighted by molar-refractivity contribution is -0.385. The molecule has 1 heterocycles. The van der Waals surface area contributed by atoms with Gasteiger partial charge in [-0.15, -0.1) is 5.10 Å². The SMILES string of the molecule is COc1nn(CC(=O)Nc2cc(Oc3ccc(Cl)c(C)c3)cc([N+](=O)[O-])c2)cc1[N+](=O)[O-]. The van der Waals surface area contributed by atoms with Crippen molar-refractivity contribution in [2.45, 2.75) is 13.5 Å². The van der Waals surface area contributed by atoms with E-state index in [1.54, 1.807) is 25.1 Å². The molecule has 166 valence electrons. The molecule has 0 bridgehead atoms. The van der Waals surface area contributed by atoms with Crippen LogP contribution in [-0.2, 0) is 11.3 Å². The molecule has 0 aliphatic heterocycles. The van der Waals surface area contributed by atoms with Crippen LogP contribution in [0.15, 0.2) is 42.6 Å². The number of ether oxygens (including phenoxy) is 2. The molecule has 1 amide bonds. The van der Waals surface area contributed by atoms with E-state index < -0.39 is 21.4 Å². The van der Waals surface area contributed by atoms with Crippen LogP contribution < -0.4 is 14.8 Å². The van der Waals surface area contributed by atoms with E-state index in [0.29, 0.717) is 10.8 Å². The predicted octanol–water partition coefficient (Wildman–Crippen LogP) is 4.10. The summed E-state index contributed by atoms with van der Waals surface area (Å²) in [5.41, 5.74) is 0.148. The Hall–Kier alpha value is -4.19. The number of halogens is 1. The normalized spacial score (nSPS) is 10.5. The van der Waals surface area contributed by atoms with Gasteiger partial charge in [0.25, 0.3) is 5.69 Å². The number of nitrogens with one attached hydrogen (secondary N) is 1. The third kappa shape index (κ3) is 5.29. The van der Waals surface area contributed by atoms with E-state index in [1.165, 1.54) is 19.2 Å². The van der Waals surface area contributed by atoms with Crippen molar-refractivity contribution in [1.29, 1.82) is 0 Å². The van der Waals surface area contributed by atoms with Crippen molar-refractivity contribution in [3.05, 3.63) is 73.4 Å². The number of aromatic nitrogens is 2. The standard InChI is InChI=1S/C19H16ClN5O7/c1-11-5-14(3-4-16(11)20)32-15-7-12(6-13(8-15)24(27)28)21-18(26)10-23-9-17(25(29)30)19(22-23)31-2/h3-9H,10H2,1-2H3,(H,21,26). The van der Waals surface area contributed by atoms with Crippen molar-refractivity contribution in [3.8, 4) is 17.4 Å². The highest BCUT2D eigenvalue weighted by atomic mass is 35.5. The molecule has 0 saturated carbocycles. The zero-order valence-electron chi connectivity index (χ0n) is 16.8. The number of methoxy groups -OCH3 is 1. The fourth-order valence-electron chi connectivity index (χ4n) is 2.73. The second-order valence-corrected chi connectivity index (χ2v) is 6.92. The van der Waals surface area contributed by atoms with E-state index in [4.69, 9.17) is 21.1 Å². The number of carbonyl (C=O) groups is 1. The summed E-state index contributed by atoms with van der Waals surface area (Å²) in [6, 6.07) is 8.66. The average Bonchev–Trinajstić information content (AvgIpc) is 3.13. The van der Waals surface area contributed by atoms with Gasteiger partial charge in [-0.25, -0.2) is 0 Å². The van der Waals surface area contributed by atoms with Crippen LogP contribution in [0.3, 0.4) is 0 Å². The summed E-state index contributed by atoms with van der Waals surface area (Å²) in [6.45, 7) is 1.39. The maximum Gasteiger partial charge on any atom is 0.350 e. The predicted molar refractivity (Wildman–Crippen MR) is 113 cm³/mol. The number of benzene rings is 2. The largest absolute Gasteiger partial charge is 0.475 e. The maximum absolute atomic E-state index is 12.4. The number of amides is 1. The van der Waals surface area contributed by atoms with Crippen LogP contribution in [0.4, 0.5) is 17.1 Å². The fourth-order valence-corrected chi connectivity index (χ4v) is 2.85. The van der Waals surface area contributed by atoms with Gasteiger partial charge in [-0.2, -0.15) is 0 Å². The number of nitro groups is 2. The molecule has 1 N–H and O–H groups in total. The monoisotopic (exact) mass is 461 g/mol. The molecule has 12 nitrogen and oxygen atoms in total. The van der Waals surface area contributed by atoms with E-state index in [0.717, 1.165) is 22.5 Å². The number of non-ortho nitro benzene ring substituents is 1. The number of carbonyl (C=O) groups excluding carboxylic acids is 1. The molecule has 2 aromatic carbocycles. The Kier molecular flexibility index (Phi) is 6.54. The minimum atomic E-state index is -0.692. The van der Waals surface area contributed by atoms with Crippen molar-refractivity contribution in [1.82, 2.24) is 9.78 Å². The summed E-state index contributed by atoms with van der Waals surface area (Å²) < 4.78 is 11.5. The number of rotatable bonds is 8. The molecule has 0 saturated heterocycles. The van der Waals surface area contributed by atoms with E-state index >= 15 is 0 Å². The number of hydrogen-bond donors (Lipinski definition) is 1. The molecule has 3 rings (SSSR count). The fraction of sp³-hybridized carbons (Fsp3) is 0.158. The first-order valence-corrected chi connectivity index (χ1v) is 9.33. The van der Waals surface area contributed by atoms with E-state index in [1.807, 2.05) is 0 Å². The van der Waals surface area contributed by atoms with Gasteiger partial charge in [0.2, 0.25) is 5.91 Å². The van der Waals surface area contributed by atoms with Crippen LogP contribution >= 0.6 is 11.6 Å². The van der Waals surface area contributed by atoms with Crippen molar-refractivity contribution in [2.75, 3.05) is 12.4 Å². The van der Waals surface area contributed by atoms with Crippen LogP contribution in [0.1, 0.15) is 5.56 Å². The Morgan fingerprint density at radius 2 is 1.91 bits per heavy atom. The third-order valence-electron chi connectivity index (χ3n) is 4.16. The van der Waals surface area contributed by atoms with Gasteiger partial charge >= 0.3 is 11.6 Å². The zero-order valence-corrected chi connectivity index (χ0v) is 17.5. The Morgan fingerprint density at radius 3 is 2.50 bits per heavy atom. The number of hydrogen-bond acceptors (Lipinski definition) is 8. The molecule has 0 radical (unpaired) electrons. The number of anilines is 1. The second kappa shape index (κ2) is 9.31. The first-order chi connectivity index (χ1) is 15.2. The van der Waals surface area contributed by atoms with Gasteiger partial charge in [0.1, 0.15) is 24.2 Å². The van der Waals surface area contributed by atoms with Gasteiger partial charge in [-0.1, -0.05) is 11.6 Å². The summed E-state index contributed by atoms with van der Waals surface area (Å²) in [5, 5.41) is 29.1. The number of nitrogens with zero attached hydrogens (tertiary/aromatic N) is 4. The summed E-state index contributed by atoms with van der Waals surface area (Å²) in [6.07, 6.45) is 1.04. The molecule has 1 aromatic heterocycles. The summed E-state index contributed by atoms with van der Waals surface area (Å²) in [7, 11) is 1.21. The minimum Gasteiger partial charge on any atom is -0.475 e. The molecular weight excluding hydrogens is 446 g/mol. The molecule has 0 fully saturated rings. The van der Waals surface area contributed by atoms with Gasteiger partial charge in [0, 0.05) is 17.2 Å². The van der Waals surface area contributed by atoms with Crippen molar-refractivity contribution in [2.24, 2.45) is 0 Å². The van der Waals surface area contributed by atoms with Crippen molar-refractivity contribution < 1.29 is 24.1 Å². The van der Waals surface area contributed by atoms with E-state index in [9.17, 15) is 25.0 Å². The second-order valence-electron chi connectivity index (χ2n) is 6.51. The smallest absolute Gasteiger partial charge is 0.350 e. The van der Waals surface area contributed by atoms with Crippen molar-refractivity contribution >= 4 is 34.6 Å². The Labute approximate surface area is 185 Å². The minimum absolute atomic E-state index is 0.0958. The molecule has 0 aliphatic carbocycles. The summed E-state index contributed by atoms with van der Waals surface area (Å²) >= 11 is 5.99. The van der Waals surface area contributed by atoms with E-state index in [-0.39, 0.29) is 29.5 Å². The topological polar surface area (TPSA) is 152 Å². The maximum atomic E-state index is 12.4. The molecule has 0 aliphatic rings. The van der Waals surface area contributed by atoms with Crippen LogP contribution in [0.2, 0.25) is 5.02 Å². The molecule has 32 heavy (non-hydrogen) atoms. The molecule has 0 atom stereocenters. The first-order valence-electron chi connectivity index (χ1n) is 8.95.